The molecule has 178 valence electrons. The highest BCUT2D eigenvalue weighted by Crippen LogP contribution is 2.54. The molecule has 3 nitrogen and oxygen atoms in total. The molecule has 0 aliphatic heterocycles. The smallest absolute Gasteiger partial charge is 0.195 e. The Morgan fingerprint density at radius 2 is 1.74 bits per heavy atom. The second kappa shape index (κ2) is 10.1. The fourth-order valence-electron chi connectivity index (χ4n) is 5.06. The summed E-state index contributed by atoms with van der Waals surface area (Å²) in [5.74, 6) is -0.619. The van der Waals surface area contributed by atoms with Gasteiger partial charge in [0.2, 0.25) is 0 Å². The molecule has 1 spiro atoms. The number of benzene rings is 2. The number of nitrogens with zero attached hydrogens (tertiary/aromatic N) is 1. The summed E-state index contributed by atoms with van der Waals surface area (Å²) in [6.07, 6.45) is 6.87. The van der Waals surface area contributed by atoms with Crippen molar-refractivity contribution in [3.63, 3.8) is 0 Å². The van der Waals surface area contributed by atoms with Crippen molar-refractivity contribution in [1.82, 2.24) is 4.98 Å². The van der Waals surface area contributed by atoms with Crippen molar-refractivity contribution >= 4 is 5.78 Å². The summed E-state index contributed by atoms with van der Waals surface area (Å²) in [5, 5.41) is 11.1. The lowest BCUT2D eigenvalue weighted by atomic mass is 9.59. The van der Waals surface area contributed by atoms with Crippen LogP contribution in [-0.4, -0.2) is 15.9 Å². The third-order valence-electron chi connectivity index (χ3n) is 6.86. The predicted molar refractivity (Wildman–Crippen MR) is 130 cm³/mol. The number of halogens is 2. The van der Waals surface area contributed by atoms with E-state index in [0.717, 1.165) is 31.4 Å². The Kier molecular flexibility index (Phi) is 7.22. The average Bonchev–Trinajstić information content (AvgIpc) is 2.83. The first-order valence-corrected chi connectivity index (χ1v) is 12.1. The van der Waals surface area contributed by atoms with Crippen LogP contribution in [0.5, 0.6) is 0 Å². The lowest BCUT2D eigenvalue weighted by Crippen LogP contribution is -2.38. The molecule has 1 atom stereocenters. The first-order chi connectivity index (χ1) is 16.4. The number of carbonyl (C=O) groups excluding carboxylic acids is 1. The van der Waals surface area contributed by atoms with Crippen molar-refractivity contribution in [2.45, 2.75) is 65.2 Å². The van der Waals surface area contributed by atoms with Crippen LogP contribution in [0.15, 0.2) is 54.7 Å². The van der Waals surface area contributed by atoms with Gasteiger partial charge in [-0.05, 0) is 54.4 Å². The van der Waals surface area contributed by atoms with E-state index in [4.69, 9.17) is 0 Å². The first-order valence-electron chi connectivity index (χ1n) is 12.1. The molecular formula is C29H31F2NO2. The molecule has 0 bridgehead atoms. The Bertz CT molecular complexity index is 1150. The molecule has 2 aliphatic rings. The van der Waals surface area contributed by atoms with E-state index in [0.29, 0.717) is 39.8 Å². The van der Waals surface area contributed by atoms with Crippen molar-refractivity contribution in [3.8, 4) is 11.1 Å². The predicted octanol–water partition coefficient (Wildman–Crippen LogP) is 7.15. The van der Waals surface area contributed by atoms with Crippen LogP contribution in [0.1, 0.15) is 84.8 Å². The van der Waals surface area contributed by atoms with Gasteiger partial charge in [0.15, 0.2) is 5.78 Å². The van der Waals surface area contributed by atoms with E-state index in [2.05, 4.69) is 18.8 Å². The molecule has 5 rings (SSSR count). The Balaban J connectivity index is 0.000000868. The molecule has 2 aliphatic carbocycles. The number of hydrogen-bond donors (Lipinski definition) is 1. The number of carbonyl (C=O) groups is 1. The number of hydrogen-bond acceptors (Lipinski definition) is 3. The summed E-state index contributed by atoms with van der Waals surface area (Å²) in [4.78, 5) is 18.0. The Morgan fingerprint density at radius 3 is 2.29 bits per heavy atom. The molecule has 34 heavy (non-hydrogen) atoms. The van der Waals surface area contributed by atoms with Crippen molar-refractivity contribution in [1.29, 1.82) is 0 Å². The molecule has 1 aromatic heterocycles. The number of fused-ring (bicyclic) bond motifs is 1. The van der Waals surface area contributed by atoms with Gasteiger partial charge in [0.25, 0.3) is 0 Å². The van der Waals surface area contributed by atoms with Crippen molar-refractivity contribution in [2.24, 2.45) is 5.41 Å². The SMILES string of the molecule is CCC.O=C(c1ccc(CF)cc1)c1cnc2c(c1-c1ccc(F)cc1)C(O)CC1(CCC1)C2. The van der Waals surface area contributed by atoms with Gasteiger partial charge in [-0.3, -0.25) is 9.78 Å². The van der Waals surface area contributed by atoms with E-state index in [-0.39, 0.29) is 17.0 Å². The summed E-state index contributed by atoms with van der Waals surface area (Å²) >= 11 is 0. The van der Waals surface area contributed by atoms with Crippen molar-refractivity contribution < 1.29 is 18.7 Å². The topological polar surface area (TPSA) is 50.2 Å². The molecule has 1 unspecified atom stereocenters. The van der Waals surface area contributed by atoms with Crippen molar-refractivity contribution in [3.05, 3.63) is 88.5 Å². The zero-order valence-corrected chi connectivity index (χ0v) is 19.8. The highest BCUT2D eigenvalue weighted by atomic mass is 19.1. The van der Waals surface area contributed by atoms with E-state index in [9.17, 15) is 18.7 Å². The summed E-state index contributed by atoms with van der Waals surface area (Å²) < 4.78 is 26.5. The van der Waals surface area contributed by atoms with E-state index in [1.165, 1.54) is 18.6 Å². The van der Waals surface area contributed by atoms with Crippen LogP contribution in [-0.2, 0) is 13.1 Å². The number of aromatic nitrogens is 1. The largest absolute Gasteiger partial charge is 0.388 e. The molecule has 1 saturated carbocycles. The second-order valence-electron chi connectivity index (χ2n) is 9.53. The Morgan fingerprint density at radius 1 is 1.09 bits per heavy atom. The molecule has 0 amide bonds. The molecule has 0 radical (unpaired) electrons. The van der Waals surface area contributed by atoms with Gasteiger partial charge < -0.3 is 5.11 Å². The third kappa shape index (κ3) is 4.67. The number of aliphatic hydroxyl groups is 1. The van der Waals surface area contributed by atoms with Crippen LogP contribution in [0.2, 0.25) is 0 Å². The molecule has 5 heteroatoms. The number of pyridine rings is 1. The molecular weight excluding hydrogens is 432 g/mol. The normalized spacial score (nSPS) is 17.9. The van der Waals surface area contributed by atoms with Gasteiger partial charge in [0.05, 0.1) is 6.10 Å². The monoisotopic (exact) mass is 463 g/mol. The average molecular weight is 464 g/mol. The van der Waals surface area contributed by atoms with Gasteiger partial charge in [-0.15, -0.1) is 0 Å². The highest BCUT2D eigenvalue weighted by Gasteiger charge is 2.44. The van der Waals surface area contributed by atoms with Crippen LogP contribution in [0.25, 0.3) is 11.1 Å². The zero-order chi connectivity index (χ0) is 24.3. The van der Waals surface area contributed by atoms with Crippen LogP contribution in [0, 0.1) is 11.2 Å². The fraction of sp³-hybridized carbons (Fsp3) is 0.379. The second-order valence-corrected chi connectivity index (χ2v) is 9.53. The lowest BCUT2D eigenvalue weighted by Gasteiger charge is -2.47. The quantitative estimate of drug-likeness (QED) is 0.418. The molecule has 1 heterocycles. The Labute approximate surface area is 199 Å². The summed E-state index contributed by atoms with van der Waals surface area (Å²) in [7, 11) is 0. The van der Waals surface area contributed by atoms with Gasteiger partial charge in [-0.1, -0.05) is 63.1 Å². The maximum Gasteiger partial charge on any atom is 0.195 e. The fourth-order valence-corrected chi connectivity index (χ4v) is 5.06. The van der Waals surface area contributed by atoms with Gasteiger partial charge in [0, 0.05) is 34.1 Å². The third-order valence-corrected chi connectivity index (χ3v) is 6.86. The summed E-state index contributed by atoms with van der Waals surface area (Å²) in [6.45, 7) is 3.66. The summed E-state index contributed by atoms with van der Waals surface area (Å²) in [5.41, 5.74) is 4.17. The van der Waals surface area contributed by atoms with Crippen LogP contribution >= 0.6 is 0 Å². The van der Waals surface area contributed by atoms with Crippen LogP contribution in [0.3, 0.4) is 0 Å². The van der Waals surface area contributed by atoms with E-state index >= 15 is 0 Å². The first kappa shape index (κ1) is 24.2. The van der Waals surface area contributed by atoms with Crippen molar-refractivity contribution in [2.75, 3.05) is 0 Å². The van der Waals surface area contributed by atoms with E-state index in [1.54, 1.807) is 42.6 Å². The molecule has 1 fully saturated rings. The Hall–Kier alpha value is -2.92. The number of rotatable bonds is 4. The van der Waals surface area contributed by atoms with Gasteiger partial charge in [0.1, 0.15) is 12.5 Å². The van der Waals surface area contributed by atoms with Gasteiger partial charge >= 0.3 is 0 Å². The number of aliphatic hydroxyl groups excluding tert-OH is 1. The molecule has 1 N–H and O–H groups in total. The minimum atomic E-state index is -0.724. The minimum Gasteiger partial charge on any atom is -0.388 e. The van der Waals surface area contributed by atoms with Gasteiger partial charge in [-0.25, -0.2) is 8.78 Å². The maximum atomic E-state index is 13.6. The lowest BCUT2D eigenvalue weighted by molar-refractivity contribution is 0.0248. The van der Waals surface area contributed by atoms with E-state index < -0.39 is 12.8 Å². The minimum absolute atomic E-state index is 0.104. The highest BCUT2D eigenvalue weighted by molar-refractivity contribution is 6.13. The molecule has 2 aromatic carbocycles. The molecule has 3 aromatic rings. The standard InChI is InChI=1S/C26H23F2NO2.C3H8/c27-14-16-2-4-18(5-3-16)25(31)20-15-29-21-12-26(10-1-11-26)13-22(30)24(21)23(20)17-6-8-19(28)9-7-17;1-3-2/h2-9,15,22,30H,1,10-14H2;3H2,1-2H3. The van der Waals surface area contributed by atoms with Crippen LogP contribution < -0.4 is 0 Å². The number of alkyl halides is 1. The number of ketones is 1. The van der Waals surface area contributed by atoms with Crippen LogP contribution in [0.4, 0.5) is 8.78 Å². The maximum absolute atomic E-state index is 13.6. The van der Waals surface area contributed by atoms with Gasteiger partial charge in [-0.2, -0.15) is 0 Å². The van der Waals surface area contributed by atoms with E-state index in [1.807, 2.05) is 0 Å². The molecule has 0 saturated heterocycles. The zero-order valence-electron chi connectivity index (χ0n) is 19.8. The summed E-state index contributed by atoms with van der Waals surface area (Å²) in [6, 6.07) is 12.4.